The van der Waals surface area contributed by atoms with E-state index in [9.17, 15) is 9.90 Å². The summed E-state index contributed by atoms with van der Waals surface area (Å²) in [7, 11) is 0. The minimum absolute atomic E-state index is 0.180. The van der Waals surface area contributed by atoms with Gasteiger partial charge in [0.2, 0.25) is 0 Å². The van der Waals surface area contributed by atoms with Crippen LogP contribution in [0.1, 0.15) is 0 Å². The topological polar surface area (TPSA) is 144 Å². The van der Waals surface area contributed by atoms with Crippen LogP contribution in [0.3, 0.4) is 0 Å². The number of azide groups is 2. The number of aliphatic hydroxyl groups is 1. The molecule has 9 nitrogen and oxygen atoms in total. The number of nitrogens with zero attached hydrogens (tertiary/aromatic N) is 6. The molecule has 0 aliphatic carbocycles. The maximum absolute atomic E-state index is 11.0. The van der Waals surface area contributed by atoms with Crippen molar-refractivity contribution in [3.63, 3.8) is 0 Å². The van der Waals surface area contributed by atoms with Crippen molar-refractivity contribution >= 4 is 5.97 Å². The Hall–Kier alpha value is -1.95. The fraction of sp³-hybridized carbons (Fsp3) is 0.800. The van der Waals surface area contributed by atoms with Crippen molar-refractivity contribution in [2.24, 2.45) is 10.2 Å². The third-order valence-corrected chi connectivity index (χ3v) is 1.71. The van der Waals surface area contributed by atoms with Gasteiger partial charge in [-0.3, -0.25) is 4.79 Å². The van der Waals surface area contributed by atoms with E-state index in [4.69, 9.17) is 11.1 Å². The van der Waals surface area contributed by atoms with Gasteiger partial charge in [-0.05, 0) is 11.1 Å². The van der Waals surface area contributed by atoms with Gasteiger partial charge in [-0.15, -0.1) is 0 Å². The SMILES string of the molecule is [N-]=[N+]=NC[C@H]1OC(=O)[C@@H](N=[N+]=[N-])[C@H]1O. The predicted octanol–water partition coefficient (Wildman–Crippen LogP) is 0.262. The highest BCUT2D eigenvalue weighted by molar-refractivity contribution is 5.79. The van der Waals surface area contributed by atoms with Gasteiger partial charge < -0.3 is 9.84 Å². The minimum Gasteiger partial charge on any atom is -0.459 e. The predicted molar refractivity (Wildman–Crippen MR) is 42.8 cm³/mol. The smallest absolute Gasteiger partial charge is 0.318 e. The number of cyclic esters (lactones) is 1. The number of esters is 1. The van der Waals surface area contributed by atoms with Crippen molar-refractivity contribution < 1.29 is 14.6 Å². The number of carbonyl (C=O) groups excluding carboxylic acids is 1. The van der Waals surface area contributed by atoms with Crippen LogP contribution in [0.25, 0.3) is 20.9 Å². The number of carbonyl (C=O) groups is 1. The Balaban J connectivity index is 2.72. The maximum Gasteiger partial charge on any atom is 0.318 e. The largest absolute Gasteiger partial charge is 0.459 e. The van der Waals surface area contributed by atoms with Gasteiger partial charge >= 0.3 is 5.97 Å². The van der Waals surface area contributed by atoms with E-state index in [1.165, 1.54) is 0 Å². The average molecular weight is 198 g/mol. The summed E-state index contributed by atoms with van der Waals surface area (Å²) in [6.45, 7) is -0.180. The fourth-order valence-electron chi connectivity index (χ4n) is 1.06. The lowest BCUT2D eigenvalue weighted by Gasteiger charge is -2.09. The standard InChI is InChI=1S/C5H6N6O3/c6-10-8-1-2-4(12)3(9-11-7)5(13)14-2/h2-4,12H,1H2/t2-,3+,4+/m1/s1. The van der Waals surface area contributed by atoms with Crippen LogP contribution < -0.4 is 0 Å². The van der Waals surface area contributed by atoms with E-state index in [1.54, 1.807) is 0 Å². The molecular formula is C5H6N6O3. The van der Waals surface area contributed by atoms with Gasteiger partial charge in [-0.2, -0.15) is 0 Å². The molecule has 0 aromatic carbocycles. The molecule has 0 aromatic rings. The van der Waals surface area contributed by atoms with Gasteiger partial charge in [0.25, 0.3) is 0 Å². The molecule has 1 N–H and O–H groups in total. The molecule has 1 saturated heterocycles. The number of aliphatic hydroxyl groups excluding tert-OH is 1. The first-order chi connectivity index (χ1) is 6.70. The summed E-state index contributed by atoms with van der Waals surface area (Å²) in [5, 5.41) is 15.6. The van der Waals surface area contributed by atoms with E-state index in [-0.39, 0.29) is 6.54 Å². The van der Waals surface area contributed by atoms with Crippen LogP contribution in [-0.4, -0.2) is 35.9 Å². The molecule has 74 valence electrons. The van der Waals surface area contributed by atoms with Crippen LogP contribution in [0.2, 0.25) is 0 Å². The van der Waals surface area contributed by atoms with Gasteiger partial charge in [0, 0.05) is 9.82 Å². The zero-order chi connectivity index (χ0) is 10.6. The molecule has 0 amide bonds. The van der Waals surface area contributed by atoms with Crippen molar-refractivity contribution in [1.82, 2.24) is 0 Å². The van der Waals surface area contributed by atoms with Crippen molar-refractivity contribution in [2.45, 2.75) is 18.2 Å². The van der Waals surface area contributed by atoms with E-state index >= 15 is 0 Å². The van der Waals surface area contributed by atoms with Crippen molar-refractivity contribution in [2.75, 3.05) is 6.54 Å². The molecule has 0 bridgehead atoms. The summed E-state index contributed by atoms with van der Waals surface area (Å²) in [4.78, 5) is 15.8. The summed E-state index contributed by atoms with van der Waals surface area (Å²) >= 11 is 0. The van der Waals surface area contributed by atoms with Crippen molar-refractivity contribution in [3.05, 3.63) is 20.9 Å². The molecule has 9 heteroatoms. The normalized spacial score (nSPS) is 30.1. The van der Waals surface area contributed by atoms with Gasteiger partial charge in [-0.1, -0.05) is 10.2 Å². The van der Waals surface area contributed by atoms with Gasteiger partial charge in [0.05, 0.1) is 6.54 Å². The molecule has 1 rings (SSSR count). The second kappa shape index (κ2) is 4.33. The van der Waals surface area contributed by atoms with Crippen LogP contribution in [0, 0.1) is 0 Å². The monoisotopic (exact) mass is 198 g/mol. The van der Waals surface area contributed by atoms with Gasteiger partial charge in [-0.25, -0.2) is 0 Å². The van der Waals surface area contributed by atoms with Crippen LogP contribution >= 0.6 is 0 Å². The first-order valence-electron chi connectivity index (χ1n) is 3.64. The first kappa shape index (κ1) is 10.1. The molecule has 0 unspecified atom stereocenters. The minimum atomic E-state index is -1.26. The Morgan fingerprint density at radius 2 is 2.21 bits per heavy atom. The van der Waals surface area contributed by atoms with E-state index in [2.05, 4.69) is 24.8 Å². The highest BCUT2D eigenvalue weighted by Gasteiger charge is 2.42. The Morgan fingerprint density at radius 3 is 2.79 bits per heavy atom. The summed E-state index contributed by atoms with van der Waals surface area (Å²) in [6, 6.07) is -1.25. The fourth-order valence-corrected chi connectivity index (χ4v) is 1.06. The molecule has 1 aliphatic heterocycles. The summed E-state index contributed by atoms with van der Waals surface area (Å²) in [5.74, 6) is -0.812. The van der Waals surface area contributed by atoms with Crippen LogP contribution in [0.4, 0.5) is 0 Å². The quantitative estimate of drug-likeness (QED) is 0.300. The second-order valence-electron chi connectivity index (χ2n) is 2.53. The zero-order valence-corrected chi connectivity index (χ0v) is 6.89. The maximum atomic E-state index is 11.0. The van der Waals surface area contributed by atoms with Crippen LogP contribution in [-0.2, 0) is 9.53 Å². The Bertz CT molecular complexity index is 330. The van der Waals surface area contributed by atoms with Crippen molar-refractivity contribution in [1.29, 1.82) is 0 Å². The lowest BCUT2D eigenvalue weighted by Crippen LogP contribution is -2.31. The number of hydrogen-bond donors (Lipinski definition) is 1. The van der Waals surface area contributed by atoms with Gasteiger partial charge in [0.1, 0.15) is 12.2 Å². The summed E-state index contributed by atoms with van der Waals surface area (Å²) in [6.07, 6.45) is -2.20. The van der Waals surface area contributed by atoms with E-state index in [0.717, 1.165) is 0 Å². The van der Waals surface area contributed by atoms with E-state index in [0.29, 0.717) is 0 Å². The molecule has 0 aromatic heterocycles. The molecule has 1 heterocycles. The number of ether oxygens (including phenoxy) is 1. The molecule has 0 spiro atoms. The van der Waals surface area contributed by atoms with Gasteiger partial charge in [0.15, 0.2) is 6.04 Å². The zero-order valence-electron chi connectivity index (χ0n) is 6.89. The molecule has 0 saturated carbocycles. The van der Waals surface area contributed by atoms with Crippen LogP contribution in [0.5, 0.6) is 0 Å². The lowest BCUT2D eigenvalue weighted by atomic mass is 10.1. The molecule has 3 atom stereocenters. The Kier molecular flexibility index (Phi) is 3.14. The molecule has 1 aliphatic rings. The summed E-state index contributed by atoms with van der Waals surface area (Å²) in [5.41, 5.74) is 16.1. The third kappa shape index (κ3) is 1.86. The summed E-state index contributed by atoms with van der Waals surface area (Å²) < 4.78 is 4.62. The Labute approximate surface area is 77.5 Å². The molecule has 0 radical (unpaired) electrons. The highest BCUT2D eigenvalue weighted by Crippen LogP contribution is 2.19. The third-order valence-electron chi connectivity index (χ3n) is 1.71. The van der Waals surface area contributed by atoms with E-state index < -0.39 is 24.2 Å². The number of hydrogen-bond acceptors (Lipinski definition) is 5. The first-order valence-corrected chi connectivity index (χ1v) is 3.64. The Morgan fingerprint density at radius 1 is 1.50 bits per heavy atom. The number of rotatable bonds is 3. The molecule has 1 fully saturated rings. The van der Waals surface area contributed by atoms with Crippen molar-refractivity contribution in [3.8, 4) is 0 Å². The second-order valence-corrected chi connectivity index (χ2v) is 2.53. The van der Waals surface area contributed by atoms with E-state index in [1.807, 2.05) is 0 Å². The van der Waals surface area contributed by atoms with Crippen LogP contribution in [0.15, 0.2) is 10.2 Å². The molecule has 14 heavy (non-hydrogen) atoms. The lowest BCUT2D eigenvalue weighted by molar-refractivity contribution is -0.142. The highest BCUT2D eigenvalue weighted by atomic mass is 16.6. The average Bonchev–Trinajstić information content (AvgIpc) is 2.43. The molecular weight excluding hydrogens is 192 g/mol.